The normalized spacial score (nSPS) is 12.7. The Balaban J connectivity index is 2.54. The predicted molar refractivity (Wildman–Crippen MR) is 84.9 cm³/mol. The molecule has 1 aromatic rings. The monoisotopic (exact) mass is 282 g/mol. The van der Waals surface area contributed by atoms with Gasteiger partial charge >= 0.3 is 0 Å². The Morgan fingerprint density at radius 2 is 2.00 bits per heavy atom. The van der Waals surface area contributed by atoms with E-state index < -0.39 is 0 Å². The Labute approximate surface area is 121 Å². The number of hydrogen-bond donors (Lipinski definition) is 1. The standard InChI is InChI=1S/C14H26N4S/c1-11(2)15-8-13-9-17-14(10-16-13)18(4)12(3)6-7-19-5/h9-12,15H,6-8H2,1-5H3. The fourth-order valence-corrected chi connectivity index (χ4v) is 2.21. The van der Waals surface area contributed by atoms with E-state index in [-0.39, 0.29) is 0 Å². The highest BCUT2D eigenvalue weighted by atomic mass is 32.2. The Morgan fingerprint density at radius 3 is 2.53 bits per heavy atom. The maximum absolute atomic E-state index is 4.50. The number of nitrogens with zero attached hydrogens (tertiary/aromatic N) is 3. The van der Waals surface area contributed by atoms with Crippen molar-refractivity contribution in [3.8, 4) is 0 Å². The van der Waals surface area contributed by atoms with Gasteiger partial charge in [-0.05, 0) is 25.4 Å². The van der Waals surface area contributed by atoms with Gasteiger partial charge in [-0.3, -0.25) is 4.98 Å². The average molecular weight is 282 g/mol. The van der Waals surface area contributed by atoms with Gasteiger partial charge in [-0.2, -0.15) is 11.8 Å². The summed E-state index contributed by atoms with van der Waals surface area (Å²) in [5.41, 5.74) is 0.989. The number of aromatic nitrogens is 2. The van der Waals surface area contributed by atoms with Gasteiger partial charge < -0.3 is 10.2 Å². The topological polar surface area (TPSA) is 41.1 Å². The first-order chi connectivity index (χ1) is 9.04. The maximum Gasteiger partial charge on any atom is 0.147 e. The number of thioether (sulfide) groups is 1. The third kappa shape index (κ3) is 5.78. The molecule has 0 spiro atoms. The molecule has 0 fully saturated rings. The zero-order valence-electron chi connectivity index (χ0n) is 12.7. The molecule has 0 radical (unpaired) electrons. The first-order valence-electron chi connectivity index (χ1n) is 6.80. The quantitative estimate of drug-likeness (QED) is 0.793. The molecule has 19 heavy (non-hydrogen) atoms. The van der Waals surface area contributed by atoms with Gasteiger partial charge in [0.05, 0.1) is 18.1 Å². The van der Waals surface area contributed by atoms with Crippen LogP contribution in [0, 0.1) is 0 Å². The molecule has 5 heteroatoms. The van der Waals surface area contributed by atoms with Crippen LogP contribution in [0.1, 0.15) is 32.9 Å². The number of hydrogen-bond acceptors (Lipinski definition) is 5. The fraction of sp³-hybridized carbons (Fsp3) is 0.714. The van der Waals surface area contributed by atoms with Crippen molar-refractivity contribution < 1.29 is 0 Å². The fourth-order valence-electron chi connectivity index (χ4n) is 1.64. The summed E-state index contributed by atoms with van der Waals surface area (Å²) >= 11 is 1.88. The molecule has 1 N–H and O–H groups in total. The lowest BCUT2D eigenvalue weighted by molar-refractivity contribution is 0.579. The lowest BCUT2D eigenvalue weighted by Crippen LogP contribution is -2.30. The van der Waals surface area contributed by atoms with Crippen LogP contribution in [0.15, 0.2) is 12.4 Å². The molecule has 0 aliphatic rings. The van der Waals surface area contributed by atoms with Crippen molar-refractivity contribution >= 4 is 17.6 Å². The molecule has 0 aromatic carbocycles. The van der Waals surface area contributed by atoms with Crippen molar-refractivity contribution in [3.63, 3.8) is 0 Å². The molecule has 1 heterocycles. The first-order valence-corrected chi connectivity index (χ1v) is 8.20. The third-order valence-corrected chi connectivity index (χ3v) is 3.79. The summed E-state index contributed by atoms with van der Waals surface area (Å²) in [5.74, 6) is 2.12. The minimum atomic E-state index is 0.468. The third-order valence-electron chi connectivity index (χ3n) is 3.15. The molecule has 108 valence electrons. The van der Waals surface area contributed by atoms with Crippen LogP contribution >= 0.6 is 11.8 Å². The van der Waals surface area contributed by atoms with Gasteiger partial charge in [0.25, 0.3) is 0 Å². The minimum Gasteiger partial charge on any atom is -0.356 e. The van der Waals surface area contributed by atoms with Crippen molar-refractivity contribution in [2.75, 3.05) is 24.0 Å². The summed E-state index contributed by atoms with van der Waals surface area (Å²) in [6.45, 7) is 7.26. The van der Waals surface area contributed by atoms with Gasteiger partial charge in [-0.15, -0.1) is 0 Å². The molecule has 0 bridgehead atoms. The van der Waals surface area contributed by atoms with E-state index in [1.165, 1.54) is 5.75 Å². The smallest absolute Gasteiger partial charge is 0.147 e. The maximum atomic E-state index is 4.50. The van der Waals surface area contributed by atoms with E-state index in [1.807, 2.05) is 24.2 Å². The van der Waals surface area contributed by atoms with Crippen molar-refractivity contribution in [2.45, 2.75) is 45.8 Å². The van der Waals surface area contributed by atoms with Crippen molar-refractivity contribution in [2.24, 2.45) is 0 Å². The molecule has 1 unspecified atom stereocenters. The van der Waals surface area contributed by atoms with Gasteiger partial charge in [-0.1, -0.05) is 13.8 Å². The Hall–Kier alpha value is -0.810. The highest BCUT2D eigenvalue weighted by Gasteiger charge is 2.11. The number of rotatable bonds is 8. The summed E-state index contributed by atoms with van der Waals surface area (Å²) in [4.78, 5) is 11.2. The van der Waals surface area contributed by atoms with Crippen molar-refractivity contribution in [1.82, 2.24) is 15.3 Å². The van der Waals surface area contributed by atoms with Crippen LogP contribution in [0.2, 0.25) is 0 Å². The molecule has 0 saturated carbocycles. The van der Waals surface area contributed by atoms with E-state index >= 15 is 0 Å². The van der Waals surface area contributed by atoms with E-state index in [4.69, 9.17) is 0 Å². The van der Waals surface area contributed by atoms with E-state index in [2.05, 4.69) is 54.3 Å². The second-order valence-electron chi connectivity index (χ2n) is 5.14. The van der Waals surface area contributed by atoms with Crippen LogP contribution < -0.4 is 10.2 Å². The van der Waals surface area contributed by atoms with Crippen LogP contribution in [0.3, 0.4) is 0 Å². The van der Waals surface area contributed by atoms with Crippen molar-refractivity contribution in [1.29, 1.82) is 0 Å². The van der Waals surface area contributed by atoms with Crippen LogP contribution in [0.4, 0.5) is 5.82 Å². The van der Waals surface area contributed by atoms with Gasteiger partial charge in [-0.25, -0.2) is 4.98 Å². The average Bonchev–Trinajstić information content (AvgIpc) is 2.42. The molecule has 1 rings (SSSR count). The molecular formula is C14H26N4S. The van der Waals surface area contributed by atoms with Gasteiger partial charge in [0.1, 0.15) is 5.82 Å². The van der Waals surface area contributed by atoms with Gasteiger partial charge in [0.2, 0.25) is 0 Å². The molecular weight excluding hydrogens is 256 g/mol. The Bertz CT molecular complexity index is 353. The van der Waals surface area contributed by atoms with Crippen LogP contribution in [-0.2, 0) is 6.54 Å². The molecule has 1 aromatic heterocycles. The SMILES string of the molecule is CSCCC(C)N(C)c1cnc(CNC(C)C)cn1. The van der Waals surface area contributed by atoms with E-state index in [0.717, 1.165) is 24.5 Å². The van der Waals surface area contributed by atoms with Gasteiger partial charge in [0.15, 0.2) is 0 Å². The lowest BCUT2D eigenvalue weighted by Gasteiger charge is -2.25. The van der Waals surface area contributed by atoms with Crippen molar-refractivity contribution in [3.05, 3.63) is 18.1 Å². The van der Waals surface area contributed by atoms with Gasteiger partial charge in [0, 0.05) is 25.7 Å². The Morgan fingerprint density at radius 1 is 1.26 bits per heavy atom. The summed E-state index contributed by atoms with van der Waals surface area (Å²) in [6.07, 6.45) is 7.04. The molecule has 0 amide bonds. The predicted octanol–water partition coefficient (Wildman–Crippen LogP) is 2.55. The summed E-state index contributed by atoms with van der Waals surface area (Å²) < 4.78 is 0. The van der Waals surface area contributed by atoms with E-state index in [1.54, 1.807) is 0 Å². The van der Waals surface area contributed by atoms with Crippen LogP contribution in [0.5, 0.6) is 0 Å². The Kier molecular flexibility index (Phi) is 7.16. The minimum absolute atomic E-state index is 0.468. The number of anilines is 1. The summed E-state index contributed by atoms with van der Waals surface area (Å²) in [7, 11) is 2.08. The molecule has 0 aliphatic heterocycles. The number of nitrogens with one attached hydrogen (secondary N) is 1. The second kappa shape index (κ2) is 8.38. The zero-order valence-corrected chi connectivity index (χ0v) is 13.5. The van der Waals surface area contributed by atoms with E-state index in [0.29, 0.717) is 12.1 Å². The molecule has 4 nitrogen and oxygen atoms in total. The second-order valence-corrected chi connectivity index (χ2v) is 6.13. The highest BCUT2D eigenvalue weighted by Crippen LogP contribution is 2.14. The molecule has 1 atom stereocenters. The first kappa shape index (κ1) is 16.2. The summed E-state index contributed by atoms with van der Waals surface area (Å²) in [6, 6.07) is 0.956. The summed E-state index contributed by atoms with van der Waals surface area (Å²) in [5, 5.41) is 3.34. The van der Waals surface area contributed by atoms with Crippen LogP contribution in [0.25, 0.3) is 0 Å². The van der Waals surface area contributed by atoms with E-state index in [9.17, 15) is 0 Å². The largest absolute Gasteiger partial charge is 0.356 e. The molecule has 0 aliphatic carbocycles. The van der Waals surface area contributed by atoms with Crippen LogP contribution in [-0.4, -0.2) is 41.1 Å². The highest BCUT2D eigenvalue weighted by molar-refractivity contribution is 7.98. The molecule has 0 saturated heterocycles. The zero-order chi connectivity index (χ0) is 14.3. The lowest BCUT2D eigenvalue weighted by atomic mass is 10.2.